The fourth-order valence-electron chi connectivity index (χ4n) is 4.87. The molecule has 1 aliphatic rings. The summed E-state index contributed by atoms with van der Waals surface area (Å²) < 4.78 is 7.70. The minimum absolute atomic E-state index is 0.00236. The molecule has 0 fully saturated rings. The number of aliphatic hydroxyl groups excluding tert-OH is 1. The molecule has 2 aromatic heterocycles. The van der Waals surface area contributed by atoms with Crippen LogP contribution in [0.25, 0.3) is 16.8 Å². The van der Waals surface area contributed by atoms with Gasteiger partial charge in [-0.2, -0.15) is 5.10 Å². The Balaban J connectivity index is 1.57. The lowest BCUT2D eigenvalue weighted by molar-refractivity contribution is 0.108. The SMILES string of the molecule is Cc1ccccc1-c1c(C)nn2c(C(C)C)c(C(O)N[C@H]3CCOc4ccccc43)cnc12. The molecule has 5 rings (SSSR count). The van der Waals surface area contributed by atoms with Gasteiger partial charge in [-0.3, -0.25) is 5.32 Å². The topological polar surface area (TPSA) is 71.7 Å². The number of benzene rings is 2. The van der Waals surface area contributed by atoms with Gasteiger partial charge in [0.2, 0.25) is 0 Å². The molecule has 1 unspecified atom stereocenters. The van der Waals surface area contributed by atoms with Gasteiger partial charge in [-0.05, 0) is 37.0 Å². The summed E-state index contributed by atoms with van der Waals surface area (Å²) in [6.45, 7) is 9.00. The summed E-state index contributed by atoms with van der Waals surface area (Å²) in [5.74, 6) is 1.02. The smallest absolute Gasteiger partial charge is 0.163 e. The number of ether oxygens (including phenoxy) is 1. The van der Waals surface area contributed by atoms with Crippen molar-refractivity contribution < 1.29 is 9.84 Å². The van der Waals surface area contributed by atoms with Crippen LogP contribution in [0.2, 0.25) is 0 Å². The van der Waals surface area contributed by atoms with Gasteiger partial charge in [-0.1, -0.05) is 56.3 Å². The van der Waals surface area contributed by atoms with E-state index in [9.17, 15) is 5.11 Å². The molecule has 0 bridgehead atoms. The maximum absolute atomic E-state index is 11.3. The summed E-state index contributed by atoms with van der Waals surface area (Å²) >= 11 is 0. The van der Waals surface area contributed by atoms with Crippen molar-refractivity contribution in [1.82, 2.24) is 19.9 Å². The average molecular weight is 443 g/mol. The third-order valence-corrected chi connectivity index (χ3v) is 6.46. The third kappa shape index (κ3) is 3.79. The Bertz CT molecular complexity index is 1310. The molecular formula is C27H30N4O2. The Morgan fingerprint density at radius 1 is 1.09 bits per heavy atom. The summed E-state index contributed by atoms with van der Waals surface area (Å²) in [4.78, 5) is 4.80. The van der Waals surface area contributed by atoms with Crippen LogP contribution in [0, 0.1) is 13.8 Å². The van der Waals surface area contributed by atoms with Gasteiger partial charge in [0, 0.05) is 35.3 Å². The Morgan fingerprint density at radius 3 is 2.64 bits per heavy atom. The van der Waals surface area contributed by atoms with E-state index in [4.69, 9.17) is 14.8 Å². The Hall–Kier alpha value is -3.22. The van der Waals surface area contributed by atoms with Crippen molar-refractivity contribution in [3.05, 3.63) is 82.8 Å². The zero-order chi connectivity index (χ0) is 23.1. The lowest BCUT2D eigenvalue weighted by Crippen LogP contribution is -2.31. The van der Waals surface area contributed by atoms with Gasteiger partial charge < -0.3 is 9.84 Å². The van der Waals surface area contributed by atoms with E-state index in [0.29, 0.717) is 6.61 Å². The maximum Gasteiger partial charge on any atom is 0.163 e. The number of rotatable bonds is 5. The van der Waals surface area contributed by atoms with Crippen LogP contribution in [-0.4, -0.2) is 26.3 Å². The van der Waals surface area contributed by atoms with Crippen molar-refractivity contribution >= 4 is 5.65 Å². The largest absolute Gasteiger partial charge is 0.493 e. The predicted octanol–water partition coefficient (Wildman–Crippen LogP) is 5.24. The Labute approximate surface area is 194 Å². The molecule has 0 spiro atoms. The van der Waals surface area contributed by atoms with Crippen molar-refractivity contribution in [2.45, 2.75) is 52.3 Å². The van der Waals surface area contributed by atoms with Crippen LogP contribution >= 0.6 is 0 Å². The fourth-order valence-corrected chi connectivity index (χ4v) is 4.87. The van der Waals surface area contributed by atoms with Gasteiger partial charge >= 0.3 is 0 Å². The first-order chi connectivity index (χ1) is 16.0. The number of nitrogens with one attached hydrogen (secondary N) is 1. The van der Waals surface area contributed by atoms with Crippen LogP contribution in [0.1, 0.15) is 66.5 Å². The van der Waals surface area contributed by atoms with E-state index in [-0.39, 0.29) is 12.0 Å². The van der Waals surface area contributed by atoms with Crippen molar-refractivity contribution in [1.29, 1.82) is 0 Å². The molecule has 6 nitrogen and oxygen atoms in total. The second kappa shape index (κ2) is 8.61. The van der Waals surface area contributed by atoms with Crippen molar-refractivity contribution in [3.8, 4) is 16.9 Å². The summed E-state index contributed by atoms with van der Waals surface area (Å²) in [5, 5.41) is 19.6. The number of hydrogen-bond donors (Lipinski definition) is 2. The van der Waals surface area contributed by atoms with Crippen LogP contribution < -0.4 is 10.1 Å². The molecule has 4 aromatic rings. The number of nitrogens with zero attached hydrogens (tertiary/aromatic N) is 3. The van der Waals surface area contributed by atoms with Crippen molar-refractivity contribution in [2.24, 2.45) is 0 Å². The molecule has 0 radical (unpaired) electrons. The maximum atomic E-state index is 11.3. The molecule has 2 N–H and O–H groups in total. The summed E-state index contributed by atoms with van der Waals surface area (Å²) in [6, 6.07) is 16.3. The molecule has 33 heavy (non-hydrogen) atoms. The van der Waals surface area contributed by atoms with E-state index in [1.54, 1.807) is 6.20 Å². The third-order valence-electron chi connectivity index (χ3n) is 6.46. The number of fused-ring (bicyclic) bond motifs is 2. The van der Waals surface area contributed by atoms with Crippen molar-refractivity contribution in [2.75, 3.05) is 6.61 Å². The van der Waals surface area contributed by atoms with Crippen LogP contribution in [0.15, 0.2) is 54.7 Å². The number of hydrogen-bond acceptors (Lipinski definition) is 5. The highest BCUT2D eigenvalue weighted by atomic mass is 16.5. The van der Waals surface area contributed by atoms with Crippen LogP contribution in [0.4, 0.5) is 0 Å². The number of aliphatic hydroxyl groups is 1. The van der Waals surface area contributed by atoms with E-state index in [1.807, 2.05) is 41.8 Å². The first-order valence-corrected chi connectivity index (χ1v) is 11.6. The average Bonchev–Trinajstić information content (AvgIpc) is 3.14. The van der Waals surface area contributed by atoms with E-state index >= 15 is 0 Å². The van der Waals surface area contributed by atoms with E-state index in [0.717, 1.165) is 51.5 Å². The van der Waals surface area contributed by atoms with E-state index in [2.05, 4.69) is 44.3 Å². The highest BCUT2D eigenvalue weighted by Crippen LogP contribution is 2.36. The highest BCUT2D eigenvalue weighted by molar-refractivity contribution is 5.82. The molecule has 2 aromatic carbocycles. The Kier molecular flexibility index (Phi) is 5.64. The summed E-state index contributed by atoms with van der Waals surface area (Å²) in [6.07, 6.45) is 1.72. The number of para-hydroxylation sites is 1. The van der Waals surface area contributed by atoms with Gasteiger partial charge in [0.05, 0.1) is 18.0 Å². The molecule has 2 atom stereocenters. The molecule has 0 amide bonds. The van der Waals surface area contributed by atoms with Gasteiger partial charge in [-0.25, -0.2) is 9.50 Å². The molecule has 0 saturated heterocycles. The first-order valence-electron chi connectivity index (χ1n) is 11.6. The van der Waals surface area contributed by atoms with Crippen LogP contribution in [0.3, 0.4) is 0 Å². The molecule has 0 saturated carbocycles. The fraction of sp³-hybridized carbons (Fsp3) is 0.333. The number of aromatic nitrogens is 3. The highest BCUT2D eigenvalue weighted by Gasteiger charge is 2.27. The first kappa shape index (κ1) is 21.6. The second-order valence-corrected chi connectivity index (χ2v) is 9.06. The summed E-state index contributed by atoms with van der Waals surface area (Å²) in [5.41, 5.74) is 7.89. The quantitative estimate of drug-likeness (QED) is 0.414. The minimum atomic E-state index is -0.873. The van der Waals surface area contributed by atoms with Gasteiger partial charge in [0.15, 0.2) is 5.65 Å². The molecule has 1 aliphatic heterocycles. The zero-order valence-corrected chi connectivity index (χ0v) is 19.5. The molecule has 6 heteroatoms. The second-order valence-electron chi connectivity index (χ2n) is 9.06. The van der Waals surface area contributed by atoms with Crippen molar-refractivity contribution in [3.63, 3.8) is 0 Å². The molecule has 170 valence electrons. The normalized spacial score (nSPS) is 16.6. The lowest BCUT2D eigenvalue weighted by atomic mass is 9.98. The van der Waals surface area contributed by atoms with Gasteiger partial charge in [-0.15, -0.1) is 0 Å². The minimum Gasteiger partial charge on any atom is -0.493 e. The molecular weight excluding hydrogens is 412 g/mol. The predicted molar refractivity (Wildman–Crippen MR) is 129 cm³/mol. The summed E-state index contributed by atoms with van der Waals surface area (Å²) in [7, 11) is 0. The van der Waals surface area contributed by atoms with E-state index < -0.39 is 6.23 Å². The van der Waals surface area contributed by atoms with Gasteiger partial charge in [0.1, 0.15) is 12.0 Å². The molecule has 3 heterocycles. The van der Waals surface area contributed by atoms with E-state index in [1.165, 1.54) is 5.56 Å². The standard InChI is InChI=1S/C27H30N4O2/c1-16(2)25-21(27(32)29-22-13-14-33-23-12-8-7-11-20(22)23)15-28-26-24(18(4)30-31(25)26)19-10-6-5-9-17(19)3/h5-12,15-16,22,27,29,32H,13-14H2,1-4H3/t22-,27?/m0/s1. The molecule has 0 aliphatic carbocycles. The zero-order valence-electron chi connectivity index (χ0n) is 19.5. The number of aryl methyl sites for hydroxylation is 2. The van der Waals surface area contributed by atoms with Crippen LogP contribution in [-0.2, 0) is 0 Å². The van der Waals surface area contributed by atoms with Crippen LogP contribution in [0.5, 0.6) is 5.75 Å². The van der Waals surface area contributed by atoms with Gasteiger partial charge in [0.25, 0.3) is 0 Å². The lowest BCUT2D eigenvalue weighted by Gasteiger charge is -2.29. The monoisotopic (exact) mass is 442 g/mol. The Morgan fingerprint density at radius 2 is 1.85 bits per heavy atom.